The molecule has 0 amide bonds. The van der Waals surface area contributed by atoms with Crippen molar-refractivity contribution in [3.05, 3.63) is 218 Å². The first-order chi connectivity index (χ1) is 30.5. The molecule has 0 bridgehead atoms. The van der Waals surface area contributed by atoms with Gasteiger partial charge in [0, 0.05) is 50.3 Å². The summed E-state index contributed by atoms with van der Waals surface area (Å²) in [6.07, 6.45) is 0. The van der Waals surface area contributed by atoms with Gasteiger partial charge in [-0.3, -0.25) is 9.97 Å². The smallest absolute Gasteiger partial charge is 0.164 e. The first-order valence-corrected chi connectivity index (χ1v) is 20.7. The molecule has 0 atom stereocenters. The number of rotatable bonds is 9. The highest BCUT2D eigenvalue weighted by atomic mass is 15.0. The van der Waals surface area contributed by atoms with Crippen LogP contribution in [0.1, 0.15) is 11.4 Å². The van der Waals surface area contributed by atoms with Crippen LogP contribution in [0.2, 0.25) is 0 Å². The molecular formula is C56H40N6. The summed E-state index contributed by atoms with van der Waals surface area (Å²) in [7, 11) is 0. The highest BCUT2D eigenvalue weighted by molar-refractivity contribution is 5.89. The Balaban J connectivity index is 1.08. The predicted molar refractivity (Wildman–Crippen MR) is 252 cm³/mol. The lowest BCUT2D eigenvalue weighted by Gasteiger charge is -2.16. The number of aromatic nitrogens is 6. The molecule has 0 radical (unpaired) electrons. The Bertz CT molecular complexity index is 3140. The van der Waals surface area contributed by atoms with Crippen molar-refractivity contribution < 1.29 is 0 Å². The lowest BCUT2D eigenvalue weighted by atomic mass is 9.92. The fraction of sp³-hybridized carbons (Fsp3) is 0.0357. The number of benzene rings is 6. The summed E-state index contributed by atoms with van der Waals surface area (Å²) >= 11 is 0. The van der Waals surface area contributed by atoms with E-state index in [-0.39, 0.29) is 0 Å². The molecule has 0 saturated carbocycles. The molecule has 6 nitrogen and oxygen atoms in total. The van der Waals surface area contributed by atoms with Crippen LogP contribution in [0.15, 0.2) is 206 Å². The Labute approximate surface area is 361 Å². The van der Waals surface area contributed by atoms with Crippen LogP contribution >= 0.6 is 0 Å². The second-order valence-electron chi connectivity index (χ2n) is 15.3. The van der Waals surface area contributed by atoms with Crippen molar-refractivity contribution in [1.82, 2.24) is 29.9 Å². The number of hydrogen-bond acceptors (Lipinski definition) is 6. The summed E-state index contributed by atoms with van der Waals surface area (Å²) in [6.45, 7) is 4.05. The van der Waals surface area contributed by atoms with Crippen molar-refractivity contribution in [3.63, 3.8) is 0 Å². The van der Waals surface area contributed by atoms with Crippen molar-refractivity contribution in [3.8, 4) is 101 Å². The molecule has 6 aromatic carbocycles. The lowest BCUT2D eigenvalue weighted by molar-refractivity contribution is 1.07. The number of pyridine rings is 3. The largest absolute Gasteiger partial charge is 0.253 e. The molecule has 0 saturated heterocycles. The third kappa shape index (κ3) is 8.05. The van der Waals surface area contributed by atoms with E-state index >= 15 is 0 Å². The van der Waals surface area contributed by atoms with E-state index in [0.717, 1.165) is 95.4 Å². The third-order valence-corrected chi connectivity index (χ3v) is 10.9. The molecule has 0 aliphatic rings. The molecule has 0 fully saturated rings. The molecule has 0 spiro atoms. The van der Waals surface area contributed by atoms with Crippen LogP contribution in [0.3, 0.4) is 0 Å². The van der Waals surface area contributed by atoms with Crippen LogP contribution in [0.25, 0.3) is 101 Å². The quantitative estimate of drug-likeness (QED) is 0.145. The Morgan fingerprint density at radius 3 is 1.26 bits per heavy atom. The molecule has 10 rings (SSSR count). The average Bonchev–Trinajstić information content (AvgIpc) is 3.34. The number of hydrogen-bond donors (Lipinski definition) is 0. The molecule has 10 aromatic rings. The van der Waals surface area contributed by atoms with Crippen LogP contribution in [0.4, 0.5) is 0 Å². The molecule has 4 aromatic heterocycles. The molecule has 0 aliphatic heterocycles. The van der Waals surface area contributed by atoms with Crippen LogP contribution in [0, 0.1) is 13.8 Å². The van der Waals surface area contributed by atoms with Crippen LogP contribution in [-0.4, -0.2) is 29.9 Å². The van der Waals surface area contributed by atoms with Gasteiger partial charge in [-0.2, -0.15) is 0 Å². The predicted octanol–water partition coefficient (Wildman–Crippen LogP) is 13.7. The fourth-order valence-corrected chi connectivity index (χ4v) is 7.79. The van der Waals surface area contributed by atoms with Gasteiger partial charge in [0.2, 0.25) is 0 Å². The minimum absolute atomic E-state index is 0.612. The van der Waals surface area contributed by atoms with Crippen molar-refractivity contribution in [2.75, 3.05) is 0 Å². The first kappa shape index (κ1) is 38.0. The molecular weight excluding hydrogens is 757 g/mol. The van der Waals surface area contributed by atoms with Gasteiger partial charge in [0.1, 0.15) is 0 Å². The maximum absolute atomic E-state index is 5.32. The van der Waals surface area contributed by atoms with Gasteiger partial charge in [0.05, 0.1) is 22.8 Å². The van der Waals surface area contributed by atoms with E-state index in [9.17, 15) is 0 Å². The molecule has 4 heterocycles. The molecule has 6 heteroatoms. The molecule has 0 unspecified atom stereocenters. The van der Waals surface area contributed by atoms with Crippen LogP contribution in [-0.2, 0) is 0 Å². The Morgan fingerprint density at radius 2 is 0.661 bits per heavy atom. The Kier molecular flexibility index (Phi) is 10.3. The monoisotopic (exact) mass is 796 g/mol. The van der Waals surface area contributed by atoms with Crippen molar-refractivity contribution in [1.29, 1.82) is 0 Å². The van der Waals surface area contributed by atoms with Gasteiger partial charge in [0.15, 0.2) is 17.5 Å². The zero-order valence-electron chi connectivity index (χ0n) is 34.3. The SMILES string of the molecule is Cc1cccc(-c2ccc(-c3cc(-c4ccccc4)nc(-c4cccc(-c5cccc(-c6nc(-c7ccccc7)nc(-c7ccccc7)n6)c5)c4)c3)c(-c3cccc(C)n3)c2)n1. The van der Waals surface area contributed by atoms with Crippen molar-refractivity contribution in [2.45, 2.75) is 13.8 Å². The van der Waals surface area contributed by atoms with Gasteiger partial charge in [-0.1, -0.05) is 152 Å². The number of nitrogens with zero attached hydrogens (tertiary/aromatic N) is 6. The van der Waals surface area contributed by atoms with Crippen LogP contribution in [0.5, 0.6) is 0 Å². The second-order valence-corrected chi connectivity index (χ2v) is 15.3. The summed E-state index contributed by atoms with van der Waals surface area (Å²) in [5, 5.41) is 0. The highest BCUT2D eigenvalue weighted by Crippen LogP contribution is 2.39. The van der Waals surface area contributed by atoms with Gasteiger partial charge in [-0.05, 0) is 90.7 Å². The average molecular weight is 797 g/mol. The highest BCUT2D eigenvalue weighted by Gasteiger charge is 2.17. The van der Waals surface area contributed by atoms with Gasteiger partial charge < -0.3 is 0 Å². The zero-order valence-corrected chi connectivity index (χ0v) is 34.3. The minimum atomic E-state index is 0.612. The maximum Gasteiger partial charge on any atom is 0.164 e. The van der Waals surface area contributed by atoms with E-state index in [4.69, 9.17) is 29.9 Å². The summed E-state index contributed by atoms with van der Waals surface area (Å²) < 4.78 is 0. The van der Waals surface area contributed by atoms with E-state index in [1.165, 1.54) is 0 Å². The second kappa shape index (κ2) is 16.8. The van der Waals surface area contributed by atoms with Gasteiger partial charge in [0.25, 0.3) is 0 Å². The molecule has 0 aliphatic carbocycles. The van der Waals surface area contributed by atoms with Gasteiger partial charge in [-0.15, -0.1) is 0 Å². The molecule has 0 N–H and O–H groups in total. The zero-order chi connectivity index (χ0) is 41.8. The van der Waals surface area contributed by atoms with E-state index in [1.807, 2.05) is 92.7 Å². The van der Waals surface area contributed by atoms with E-state index in [2.05, 4.69) is 127 Å². The third-order valence-electron chi connectivity index (χ3n) is 10.9. The lowest BCUT2D eigenvalue weighted by Crippen LogP contribution is -2.00. The standard InChI is InChI=1S/C56H40N6/c1-37-16-12-28-50(57-37)45-30-31-48(49(34-45)51-29-13-17-38(2)58-51)47-35-52(39-18-6-3-7-19-39)59-53(36-47)44-26-14-24-42(32-44)43-25-15-27-46(33-43)56-61-54(40-20-8-4-9-21-40)60-55(62-56)41-22-10-5-11-23-41/h3-36H,1-2H3. The van der Waals surface area contributed by atoms with Crippen molar-refractivity contribution in [2.24, 2.45) is 0 Å². The molecule has 294 valence electrons. The summed E-state index contributed by atoms with van der Waals surface area (Å²) in [5.74, 6) is 1.87. The summed E-state index contributed by atoms with van der Waals surface area (Å²) in [6, 6.07) is 70.8. The van der Waals surface area contributed by atoms with E-state index < -0.39 is 0 Å². The topological polar surface area (TPSA) is 77.3 Å². The first-order valence-electron chi connectivity index (χ1n) is 20.7. The maximum atomic E-state index is 5.32. The number of aryl methyl sites for hydroxylation is 2. The normalized spacial score (nSPS) is 11.1. The summed E-state index contributed by atoms with van der Waals surface area (Å²) in [4.78, 5) is 30.1. The minimum Gasteiger partial charge on any atom is -0.253 e. The van der Waals surface area contributed by atoms with Crippen LogP contribution < -0.4 is 0 Å². The Hall–Kier alpha value is -8.22. The van der Waals surface area contributed by atoms with E-state index in [0.29, 0.717) is 17.5 Å². The molecule has 62 heavy (non-hydrogen) atoms. The van der Waals surface area contributed by atoms with Gasteiger partial charge >= 0.3 is 0 Å². The summed E-state index contributed by atoms with van der Waals surface area (Å²) in [5.41, 5.74) is 16.6. The van der Waals surface area contributed by atoms with Crippen molar-refractivity contribution >= 4 is 0 Å². The fourth-order valence-electron chi connectivity index (χ4n) is 7.79. The van der Waals surface area contributed by atoms with Gasteiger partial charge in [-0.25, -0.2) is 19.9 Å². The Morgan fingerprint density at radius 1 is 0.226 bits per heavy atom. The van der Waals surface area contributed by atoms with E-state index in [1.54, 1.807) is 0 Å².